The average Bonchev–Trinajstić information content (AvgIpc) is 3.40. The molecule has 7 nitrogen and oxygen atoms in total. The topological polar surface area (TPSA) is 79.0 Å². The number of aryl methyl sites for hydroxylation is 3. The van der Waals surface area contributed by atoms with Crippen LogP contribution in [0.1, 0.15) is 29.6 Å². The number of hydrogen-bond donors (Lipinski definition) is 0. The van der Waals surface area contributed by atoms with Crippen LogP contribution in [-0.4, -0.2) is 14.1 Å². The highest BCUT2D eigenvalue weighted by atomic mass is 15.2. The van der Waals surface area contributed by atoms with Gasteiger partial charge in [0.2, 0.25) is 0 Å². The van der Waals surface area contributed by atoms with Crippen molar-refractivity contribution in [1.82, 2.24) is 14.1 Å². The highest BCUT2D eigenvalue weighted by Crippen LogP contribution is 2.49. The molecule has 1 aliphatic rings. The van der Waals surface area contributed by atoms with E-state index in [9.17, 15) is 10.5 Å². The fourth-order valence-corrected chi connectivity index (χ4v) is 4.16. The van der Waals surface area contributed by atoms with Gasteiger partial charge in [0, 0.05) is 30.4 Å². The molecule has 0 amide bonds. The highest BCUT2D eigenvalue weighted by Gasteiger charge is 2.32. The van der Waals surface area contributed by atoms with Gasteiger partial charge < -0.3 is 9.13 Å². The standard InChI is InChI=1S/C25H17N7/c1-6-32-21-11-15(2)31(5)25(21)30-22(32)12-18-23(19(13-26)28-3)16-9-7-8-10-17(16)24(18)20(14-27)29-4/h7-12H,6H2,1-2,5H3/b23-19-,24-20-. The van der Waals surface area contributed by atoms with E-state index in [1.807, 2.05) is 54.3 Å². The van der Waals surface area contributed by atoms with E-state index in [1.54, 1.807) is 18.2 Å². The monoisotopic (exact) mass is 415 g/mol. The number of imidazole rings is 1. The summed E-state index contributed by atoms with van der Waals surface area (Å²) in [5, 5.41) is 19.3. The number of hydrogen-bond acceptors (Lipinski definition) is 3. The van der Waals surface area contributed by atoms with Crippen LogP contribution in [0.3, 0.4) is 0 Å². The quantitative estimate of drug-likeness (QED) is 0.431. The second-order valence-electron chi connectivity index (χ2n) is 7.27. The van der Waals surface area contributed by atoms with Gasteiger partial charge in [-0.2, -0.15) is 0 Å². The third-order valence-electron chi connectivity index (χ3n) is 5.71. The molecule has 1 aromatic carbocycles. The van der Waals surface area contributed by atoms with E-state index in [2.05, 4.69) is 15.8 Å². The van der Waals surface area contributed by atoms with Gasteiger partial charge in [0.1, 0.15) is 5.82 Å². The molecule has 7 heteroatoms. The van der Waals surface area contributed by atoms with Crippen molar-refractivity contribution in [2.45, 2.75) is 20.4 Å². The smallest absolute Gasteiger partial charge is 0.270 e. The molecule has 3 aromatic rings. The highest BCUT2D eigenvalue weighted by molar-refractivity contribution is 6.14. The van der Waals surface area contributed by atoms with Gasteiger partial charge in [-0.1, -0.05) is 24.3 Å². The summed E-state index contributed by atoms with van der Waals surface area (Å²) >= 11 is 0. The second-order valence-corrected chi connectivity index (χ2v) is 7.27. The normalized spacial score (nSPS) is 15.4. The third kappa shape index (κ3) is 2.82. The number of nitrogens with zero attached hydrogens (tertiary/aromatic N) is 7. The molecule has 0 saturated heterocycles. The predicted molar refractivity (Wildman–Crippen MR) is 122 cm³/mol. The summed E-state index contributed by atoms with van der Waals surface area (Å²) in [6.07, 6.45) is 1.79. The zero-order valence-corrected chi connectivity index (χ0v) is 17.8. The first-order chi connectivity index (χ1) is 15.5. The Hall–Kier alpha value is -4.85. The lowest BCUT2D eigenvalue weighted by molar-refractivity contribution is 0.776. The molecule has 0 unspecified atom stereocenters. The van der Waals surface area contributed by atoms with E-state index in [0.717, 1.165) is 16.9 Å². The summed E-state index contributed by atoms with van der Waals surface area (Å²) in [6, 6.07) is 13.3. The Bertz CT molecular complexity index is 1450. The molecule has 32 heavy (non-hydrogen) atoms. The summed E-state index contributed by atoms with van der Waals surface area (Å²) in [5.74, 6) is 0.635. The third-order valence-corrected chi connectivity index (χ3v) is 5.71. The van der Waals surface area contributed by atoms with Gasteiger partial charge in [-0.15, -0.1) is 0 Å². The van der Waals surface area contributed by atoms with Crippen molar-refractivity contribution in [3.8, 4) is 12.1 Å². The second kappa shape index (κ2) is 7.77. The van der Waals surface area contributed by atoms with E-state index >= 15 is 0 Å². The Morgan fingerprint density at radius 2 is 1.66 bits per heavy atom. The van der Waals surface area contributed by atoms with Crippen molar-refractivity contribution < 1.29 is 0 Å². The number of aromatic nitrogens is 3. The Labute approximate surface area is 185 Å². The molecule has 152 valence electrons. The zero-order valence-electron chi connectivity index (χ0n) is 17.8. The van der Waals surface area contributed by atoms with Crippen LogP contribution < -0.4 is 0 Å². The number of nitriles is 2. The van der Waals surface area contributed by atoms with Crippen LogP contribution in [0, 0.1) is 42.7 Å². The van der Waals surface area contributed by atoms with Crippen LogP contribution in [-0.2, 0) is 13.6 Å². The van der Waals surface area contributed by atoms with Crippen LogP contribution in [0.25, 0.3) is 38.1 Å². The Balaban J connectivity index is 2.15. The van der Waals surface area contributed by atoms with Crippen LogP contribution in [0.5, 0.6) is 0 Å². The minimum absolute atomic E-state index is 0.0871. The summed E-state index contributed by atoms with van der Waals surface area (Å²) in [7, 11) is 1.95. The van der Waals surface area contributed by atoms with E-state index in [1.165, 1.54) is 0 Å². The molecule has 4 rings (SSSR count). The Kier molecular flexibility index (Phi) is 4.96. The number of allylic oxidation sites excluding steroid dienone is 5. The van der Waals surface area contributed by atoms with Crippen molar-refractivity contribution in [3.05, 3.63) is 92.8 Å². The predicted octanol–water partition coefficient (Wildman–Crippen LogP) is 5.11. The molecular formula is C25H17N7. The number of fused-ring (bicyclic) bond motifs is 2. The lowest BCUT2D eigenvalue weighted by Crippen LogP contribution is -1.99. The first-order valence-electron chi connectivity index (χ1n) is 9.89. The molecule has 0 spiro atoms. The van der Waals surface area contributed by atoms with Crippen molar-refractivity contribution in [2.24, 2.45) is 7.05 Å². The van der Waals surface area contributed by atoms with Crippen LogP contribution in [0.15, 0.2) is 47.3 Å². The molecule has 0 N–H and O–H groups in total. The van der Waals surface area contributed by atoms with Gasteiger partial charge in [0.15, 0.2) is 5.65 Å². The van der Waals surface area contributed by atoms with Crippen LogP contribution in [0.4, 0.5) is 0 Å². The number of benzene rings is 1. The summed E-state index contributed by atoms with van der Waals surface area (Å²) in [6.45, 7) is 19.8. The van der Waals surface area contributed by atoms with Gasteiger partial charge in [0.05, 0.1) is 30.8 Å². The maximum absolute atomic E-state index is 9.67. The van der Waals surface area contributed by atoms with Crippen LogP contribution in [0.2, 0.25) is 0 Å². The van der Waals surface area contributed by atoms with E-state index in [0.29, 0.717) is 40.2 Å². The minimum atomic E-state index is -0.0871. The van der Waals surface area contributed by atoms with Gasteiger partial charge >= 0.3 is 0 Å². The first kappa shape index (κ1) is 20.4. The van der Waals surface area contributed by atoms with Gasteiger partial charge in [-0.3, -0.25) is 0 Å². The Morgan fingerprint density at radius 1 is 1.09 bits per heavy atom. The SMILES string of the molecule is [C-]#[N+]/C(C#N)=C1\C(=Cc2nc3c(cc(C)n3C)n2CC)/C(=C(/C#N)[N+]#[C-])c2ccccc21. The van der Waals surface area contributed by atoms with E-state index in [4.69, 9.17) is 18.1 Å². The maximum atomic E-state index is 9.67. The molecule has 0 aliphatic heterocycles. The maximum Gasteiger partial charge on any atom is 0.270 e. The lowest BCUT2D eigenvalue weighted by atomic mass is 10.00. The molecule has 1 aliphatic carbocycles. The lowest BCUT2D eigenvalue weighted by Gasteiger charge is -2.08. The van der Waals surface area contributed by atoms with E-state index < -0.39 is 0 Å². The summed E-state index contributed by atoms with van der Waals surface area (Å²) in [5.41, 5.74) is 5.37. The first-order valence-corrected chi connectivity index (χ1v) is 9.89. The molecule has 0 atom stereocenters. The van der Waals surface area contributed by atoms with Crippen molar-refractivity contribution in [2.75, 3.05) is 0 Å². The van der Waals surface area contributed by atoms with Crippen molar-refractivity contribution in [3.63, 3.8) is 0 Å². The van der Waals surface area contributed by atoms with Gasteiger partial charge in [-0.05, 0) is 42.7 Å². The zero-order chi connectivity index (χ0) is 23.0. The molecule has 2 heterocycles. The molecular weight excluding hydrogens is 398 g/mol. The molecule has 0 radical (unpaired) electrons. The largest absolute Gasteiger partial charge is 0.332 e. The Morgan fingerprint density at radius 3 is 2.12 bits per heavy atom. The minimum Gasteiger partial charge on any atom is -0.332 e. The summed E-state index contributed by atoms with van der Waals surface area (Å²) in [4.78, 5) is 11.7. The van der Waals surface area contributed by atoms with Gasteiger partial charge in [-0.25, -0.2) is 25.2 Å². The van der Waals surface area contributed by atoms with Crippen molar-refractivity contribution >= 4 is 28.4 Å². The molecule has 0 fully saturated rings. The fraction of sp³-hybridized carbons (Fsp3) is 0.160. The molecule has 0 bridgehead atoms. The van der Waals surface area contributed by atoms with Crippen LogP contribution >= 0.6 is 0 Å². The van der Waals surface area contributed by atoms with Gasteiger partial charge in [0.25, 0.3) is 11.4 Å². The fourth-order valence-electron chi connectivity index (χ4n) is 4.16. The molecule has 2 aromatic heterocycles. The number of rotatable bonds is 2. The van der Waals surface area contributed by atoms with E-state index in [-0.39, 0.29) is 11.4 Å². The average molecular weight is 415 g/mol. The van der Waals surface area contributed by atoms with Crippen molar-refractivity contribution in [1.29, 1.82) is 10.5 Å². The summed E-state index contributed by atoms with van der Waals surface area (Å²) < 4.78 is 4.04. The molecule has 0 saturated carbocycles.